The Morgan fingerprint density at radius 2 is 1.81 bits per heavy atom. The van der Waals surface area contributed by atoms with Gasteiger partial charge in [0.05, 0.1) is 0 Å². The Balaban J connectivity index is 0.00000108. The minimum absolute atomic E-state index is 0. The highest BCUT2D eigenvalue weighted by atomic mass is 14.3. The molecule has 16 heavy (non-hydrogen) atoms. The lowest BCUT2D eigenvalue weighted by molar-refractivity contribution is 0.347. The second-order valence-corrected chi connectivity index (χ2v) is 5.74. The highest BCUT2D eigenvalue weighted by Crippen LogP contribution is 2.52. The van der Waals surface area contributed by atoms with Crippen molar-refractivity contribution >= 4 is 7.28 Å². The normalized spacial score (nSPS) is 33.1. The van der Waals surface area contributed by atoms with Crippen molar-refractivity contribution in [3.8, 4) is 0 Å². The van der Waals surface area contributed by atoms with Crippen molar-refractivity contribution in [1.29, 1.82) is 0 Å². The van der Waals surface area contributed by atoms with E-state index in [9.17, 15) is 0 Å². The van der Waals surface area contributed by atoms with Crippen LogP contribution in [-0.2, 0) is 6.42 Å². The van der Waals surface area contributed by atoms with E-state index in [0.717, 1.165) is 5.82 Å². The number of hydrogen-bond acceptors (Lipinski definition) is 0. The van der Waals surface area contributed by atoms with E-state index in [2.05, 4.69) is 37.6 Å². The predicted molar refractivity (Wildman–Crippen MR) is 72.2 cm³/mol. The number of benzene rings is 1. The zero-order valence-electron chi connectivity index (χ0n) is 9.99. The van der Waals surface area contributed by atoms with Crippen molar-refractivity contribution in [3.05, 3.63) is 35.9 Å². The maximum atomic E-state index is 2.72. The summed E-state index contributed by atoms with van der Waals surface area (Å²) in [5, 5.41) is 0.558. The molecule has 0 saturated carbocycles. The molecule has 0 atom stereocenters. The first-order chi connectivity index (χ1) is 7.86. The lowest BCUT2D eigenvalue weighted by Crippen LogP contribution is -2.34. The van der Waals surface area contributed by atoms with Gasteiger partial charge in [0.1, 0.15) is 7.28 Å². The zero-order valence-corrected chi connectivity index (χ0v) is 9.99. The Morgan fingerprint density at radius 1 is 1.12 bits per heavy atom. The quantitative estimate of drug-likeness (QED) is 0.634. The van der Waals surface area contributed by atoms with Gasteiger partial charge in [0, 0.05) is 1.43 Å². The first kappa shape index (κ1) is 10.4. The van der Waals surface area contributed by atoms with Crippen molar-refractivity contribution in [1.82, 2.24) is 0 Å². The molecule has 2 saturated heterocycles. The van der Waals surface area contributed by atoms with Gasteiger partial charge >= 0.3 is 0 Å². The fourth-order valence-electron chi connectivity index (χ4n) is 3.77. The molecule has 2 fully saturated rings. The molecule has 0 N–H and O–H groups in total. The van der Waals surface area contributed by atoms with Crippen molar-refractivity contribution < 1.29 is 1.43 Å². The summed E-state index contributed by atoms with van der Waals surface area (Å²) < 4.78 is 0. The van der Waals surface area contributed by atoms with Crippen molar-refractivity contribution in [3.63, 3.8) is 0 Å². The van der Waals surface area contributed by atoms with Crippen LogP contribution in [0.25, 0.3) is 0 Å². The summed E-state index contributed by atoms with van der Waals surface area (Å²) in [4.78, 5) is 0. The topological polar surface area (TPSA) is 0 Å². The molecule has 1 radical (unpaired) electrons. The Bertz CT molecular complexity index is 339. The molecule has 0 nitrogen and oxygen atoms in total. The molecular weight excluding hydrogens is 191 g/mol. The summed E-state index contributed by atoms with van der Waals surface area (Å²) in [7, 11) is 2.72. The molecule has 0 aliphatic carbocycles. The molecule has 85 valence electrons. The molecule has 1 heteroatoms. The number of fused-ring (bicyclic) bond motifs is 2. The molecule has 2 aliphatic rings. The SMILES string of the molecule is [B]1C2CCCC1(Cc1ccccc1)CCC2.[HH]. The molecule has 3 rings (SSSR count). The van der Waals surface area contributed by atoms with Crippen molar-refractivity contribution in [2.45, 2.75) is 56.1 Å². The van der Waals surface area contributed by atoms with E-state index in [4.69, 9.17) is 0 Å². The van der Waals surface area contributed by atoms with Gasteiger partial charge in [-0.2, -0.15) is 0 Å². The average molecular weight is 213 g/mol. The molecule has 2 aliphatic heterocycles. The van der Waals surface area contributed by atoms with Gasteiger partial charge in [-0.15, -0.1) is 0 Å². The first-order valence-electron chi connectivity index (χ1n) is 6.76. The van der Waals surface area contributed by atoms with Crippen LogP contribution in [0.2, 0.25) is 11.1 Å². The van der Waals surface area contributed by atoms with Crippen LogP contribution in [0.5, 0.6) is 0 Å². The minimum Gasteiger partial charge on any atom is -0.0682 e. The summed E-state index contributed by atoms with van der Waals surface area (Å²) in [6, 6.07) is 11.1. The Kier molecular flexibility index (Phi) is 2.79. The van der Waals surface area contributed by atoms with Crippen LogP contribution >= 0.6 is 0 Å². The summed E-state index contributed by atoms with van der Waals surface area (Å²) >= 11 is 0. The molecule has 2 bridgehead atoms. The van der Waals surface area contributed by atoms with Crippen LogP contribution in [0.1, 0.15) is 45.5 Å². The molecular formula is C15H22B. The van der Waals surface area contributed by atoms with E-state index >= 15 is 0 Å². The van der Waals surface area contributed by atoms with Crippen LogP contribution in [0.3, 0.4) is 0 Å². The third kappa shape index (κ3) is 2.05. The standard InChI is InChI=1S/C15H20B.H2/c1-2-6-13(7-3-1)12-15-10-4-8-14(16-15)9-5-11-15;/h1-3,6-7,14H,4-5,8-12H2;1H. The highest BCUT2D eigenvalue weighted by molar-refractivity contribution is 6.42. The van der Waals surface area contributed by atoms with Crippen LogP contribution in [0.4, 0.5) is 0 Å². The third-order valence-electron chi connectivity index (χ3n) is 4.49. The van der Waals surface area contributed by atoms with Gasteiger partial charge in [0.2, 0.25) is 0 Å². The average Bonchev–Trinajstić information content (AvgIpc) is 2.30. The van der Waals surface area contributed by atoms with Crippen LogP contribution in [0, 0.1) is 0 Å². The lowest BCUT2D eigenvalue weighted by Gasteiger charge is -2.45. The minimum atomic E-state index is 0. The largest absolute Gasteiger partial charge is 0.122 e. The smallest absolute Gasteiger partial charge is 0.0682 e. The molecule has 0 aromatic heterocycles. The van der Waals surface area contributed by atoms with Gasteiger partial charge in [-0.05, 0) is 12.0 Å². The number of hydrogen-bond donors (Lipinski definition) is 0. The van der Waals surface area contributed by atoms with Crippen LogP contribution < -0.4 is 0 Å². The van der Waals surface area contributed by atoms with Crippen LogP contribution in [0.15, 0.2) is 30.3 Å². The summed E-state index contributed by atoms with van der Waals surface area (Å²) in [6.45, 7) is 0. The van der Waals surface area contributed by atoms with E-state index in [-0.39, 0.29) is 1.43 Å². The van der Waals surface area contributed by atoms with Gasteiger partial charge < -0.3 is 0 Å². The van der Waals surface area contributed by atoms with E-state index in [1.807, 2.05) is 0 Å². The maximum absolute atomic E-state index is 2.72. The Hall–Kier alpha value is -0.715. The first-order valence-corrected chi connectivity index (χ1v) is 6.76. The van der Waals surface area contributed by atoms with Crippen molar-refractivity contribution in [2.75, 3.05) is 0 Å². The van der Waals surface area contributed by atoms with Gasteiger partial charge in [-0.3, -0.25) is 0 Å². The van der Waals surface area contributed by atoms with E-state index in [1.54, 1.807) is 0 Å². The summed E-state index contributed by atoms with van der Waals surface area (Å²) in [5.41, 5.74) is 1.53. The number of rotatable bonds is 2. The van der Waals surface area contributed by atoms with Gasteiger partial charge in [0.15, 0.2) is 0 Å². The second-order valence-electron chi connectivity index (χ2n) is 5.74. The second kappa shape index (κ2) is 4.27. The summed E-state index contributed by atoms with van der Waals surface area (Å²) in [6.07, 6.45) is 9.95. The fourth-order valence-corrected chi connectivity index (χ4v) is 3.77. The Labute approximate surface area is 101 Å². The molecule has 0 amide bonds. The Morgan fingerprint density at radius 3 is 2.50 bits per heavy atom. The monoisotopic (exact) mass is 213 g/mol. The molecule has 0 unspecified atom stereocenters. The summed E-state index contributed by atoms with van der Waals surface area (Å²) in [5.74, 6) is 0.936. The van der Waals surface area contributed by atoms with E-state index in [0.29, 0.717) is 5.31 Å². The molecule has 2 heterocycles. The third-order valence-corrected chi connectivity index (χ3v) is 4.49. The molecule has 1 aromatic carbocycles. The van der Waals surface area contributed by atoms with Gasteiger partial charge in [0.25, 0.3) is 0 Å². The van der Waals surface area contributed by atoms with Crippen molar-refractivity contribution in [2.24, 2.45) is 0 Å². The fraction of sp³-hybridized carbons (Fsp3) is 0.600. The van der Waals surface area contributed by atoms with Gasteiger partial charge in [-0.1, -0.05) is 80.0 Å². The van der Waals surface area contributed by atoms with Gasteiger partial charge in [-0.25, -0.2) is 0 Å². The zero-order chi connectivity index (χ0) is 10.8. The van der Waals surface area contributed by atoms with E-state index < -0.39 is 0 Å². The maximum Gasteiger partial charge on any atom is 0.122 e. The molecule has 0 spiro atoms. The lowest BCUT2D eigenvalue weighted by atomic mass is 9.35. The van der Waals surface area contributed by atoms with Crippen LogP contribution in [-0.4, -0.2) is 7.28 Å². The van der Waals surface area contributed by atoms with E-state index in [1.165, 1.54) is 50.5 Å². The molecule has 1 aromatic rings. The predicted octanol–water partition coefficient (Wildman–Crippen LogP) is 4.49. The highest BCUT2D eigenvalue weighted by Gasteiger charge is 2.39.